The van der Waals surface area contributed by atoms with Crippen molar-refractivity contribution in [1.82, 2.24) is 10.3 Å². The summed E-state index contributed by atoms with van der Waals surface area (Å²) in [6, 6.07) is 8.87. The van der Waals surface area contributed by atoms with Crippen molar-refractivity contribution in [2.24, 2.45) is 0 Å². The lowest BCUT2D eigenvalue weighted by atomic mass is 10.1. The average molecular weight is 378 g/mol. The Kier molecular flexibility index (Phi) is 6.23. The number of aromatic nitrogens is 1. The summed E-state index contributed by atoms with van der Waals surface area (Å²) >= 11 is 0. The van der Waals surface area contributed by atoms with Crippen molar-refractivity contribution in [2.75, 3.05) is 12.3 Å². The van der Waals surface area contributed by atoms with Crippen LogP contribution in [0.2, 0.25) is 0 Å². The van der Waals surface area contributed by atoms with Crippen LogP contribution in [0, 0.1) is 11.3 Å². The van der Waals surface area contributed by atoms with Crippen LogP contribution in [-0.2, 0) is 13.0 Å². The number of nitrogens with two attached hydrogens (primary N) is 1. The molecule has 0 radical (unpaired) electrons. The zero-order valence-corrected chi connectivity index (χ0v) is 14.4. The molecule has 142 valence electrons. The molecule has 1 aromatic carbocycles. The number of nitriles is 1. The normalized spacial score (nSPS) is 10.9. The van der Waals surface area contributed by atoms with Crippen LogP contribution in [0.1, 0.15) is 34.1 Å². The van der Waals surface area contributed by atoms with Gasteiger partial charge < -0.3 is 15.8 Å². The van der Waals surface area contributed by atoms with E-state index in [1.165, 1.54) is 30.3 Å². The lowest BCUT2D eigenvalue weighted by Crippen LogP contribution is -2.24. The summed E-state index contributed by atoms with van der Waals surface area (Å²) in [5.74, 6) is -0.576. The fraction of sp³-hybridized carbons (Fsp3) is 0.278. The van der Waals surface area contributed by atoms with Crippen LogP contribution in [0.4, 0.5) is 18.9 Å². The van der Waals surface area contributed by atoms with E-state index in [1.54, 1.807) is 6.92 Å². The highest BCUT2D eigenvalue weighted by Crippen LogP contribution is 2.23. The first-order valence-corrected chi connectivity index (χ1v) is 7.99. The molecule has 0 aliphatic rings. The molecule has 1 amide bonds. The molecule has 0 saturated heterocycles. The molecule has 2 rings (SSSR count). The van der Waals surface area contributed by atoms with Crippen LogP contribution in [0.5, 0.6) is 5.88 Å². The number of nitrogens with zero attached hydrogens (tertiary/aromatic N) is 2. The Labute approximate surface area is 153 Å². The van der Waals surface area contributed by atoms with Crippen LogP contribution in [0.15, 0.2) is 30.3 Å². The number of hydrogen-bond donors (Lipinski definition) is 2. The highest BCUT2D eigenvalue weighted by Gasteiger charge is 2.27. The maximum absolute atomic E-state index is 12.4. The molecule has 0 saturated carbocycles. The van der Waals surface area contributed by atoms with Gasteiger partial charge in [0.25, 0.3) is 5.91 Å². The first kappa shape index (κ1) is 20.0. The predicted octanol–water partition coefficient (Wildman–Crippen LogP) is 2.97. The second kappa shape index (κ2) is 8.40. The minimum absolute atomic E-state index is 0.0244. The lowest BCUT2D eigenvalue weighted by Gasteiger charge is -2.10. The quantitative estimate of drug-likeness (QED) is 0.805. The largest absolute Gasteiger partial charge is 0.477 e. The SMILES string of the molecule is CCOc1nc(C(=O)NCc2ccc(CC(F)(F)F)cc2)cc(N)c1C#N. The van der Waals surface area contributed by atoms with Crippen molar-refractivity contribution >= 4 is 11.6 Å². The molecule has 2 aromatic rings. The van der Waals surface area contributed by atoms with Gasteiger partial charge in [0, 0.05) is 6.54 Å². The summed E-state index contributed by atoms with van der Waals surface area (Å²) in [5, 5.41) is 11.7. The van der Waals surface area contributed by atoms with Gasteiger partial charge in [0.15, 0.2) is 0 Å². The highest BCUT2D eigenvalue weighted by atomic mass is 19.4. The van der Waals surface area contributed by atoms with E-state index < -0.39 is 18.5 Å². The van der Waals surface area contributed by atoms with Gasteiger partial charge in [0.05, 0.1) is 18.7 Å². The highest BCUT2D eigenvalue weighted by molar-refractivity contribution is 5.93. The molecule has 0 unspecified atom stereocenters. The number of rotatable bonds is 6. The van der Waals surface area contributed by atoms with Crippen molar-refractivity contribution in [3.8, 4) is 11.9 Å². The molecule has 27 heavy (non-hydrogen) atoms. The van der Waals surface area contributed by atoms with E-state index >= 15 is 0 Å². The first-order valence-electron chi connectivity index (χ1n) is 7.99. The van der Waals surface area contributed by atoms with E-state index in [0.29, 0.717) is 5.56 Å². The van der Waals surface area contributed by atoms with Gasteiger partial charge in [0.2, 0.25) is 5.88 Å². The number of nitrogen functional groups attached to an aromatic ring is 1. The Balaban J connectivity index is 2.06. The van der Waals surface area contributed by atoms with E-state index in [1.807, 2.05) is 6.07 Å². The van der Waals surface area contributed by atoms with Crippen LogP contribution in [-0.4, -0.2) is 23.7 Å². The number of anilines is 1. The third-order valence-electron chi connectivity index (χ3n) is 3.52. The molecule has 0 bridgehead atoms. The Morgan fingerprint density at radius 3 is 2.48 bits per heavy atom. The van der Waals surface area contributed by atoms with Gasteiger partial charge in [-0.05, 0) is 24.1 Å². The van der Waals surface area contributed by atoms with Crippen molar-refractivity contribution in [3.05, 3.63) is 52.7 Å². The molecule has 0 atom stereocenters. The third-order valence-corrected chi connectivity index (χ3v) is 3.52. The molecular formula is C18H17F3N4O2. The van der Waals surface area contributed by atoms with Crippen LogP contribution < -0.4 is 15.8 Å². The zero-order chi connectivity index (χ0) is 20.0. The minimum atomic E-state index is -4.27. The fourth-order valence-corrected chi connectivity index (χ4v) is 2.29. The van der Waals surface area contributed by atoms with Gasteiger partial charge in [-0.3, -0.25) is 4.79 Å². The lowest BCUT2D eigenvalue weighted by molar-refractivity contribution is -0.127. The number of amides is 1. The summed E-state index contributed by atoms with van der Waals surface area (Å²) < 4.78 is 42.3. The Morgan fingerprint density at radius 1 is 1.30 bits per heavy atom. The standard InChI is InChI=1S/C18H17F3N4O2/c1-2-27-17-13(9-22)14(23)7-15(25-17)16(26)24-10-12-5-3-11(4-6-12)8-18(19,20)21/h3-7H,2,8,10H2,1H3,(H2,23,25)(H,24,26). The van der Waals surface area contributed by atoms with Crippen molar-refractivity contribution in [1.29, 1.82) is 5.26 Å². The van der Waals surface area contributed by atoms with E-state index in [0.717, 1.165) is 0 Å². The number of benzene rings is 1. The summed E-state index contributed by atoms with van der Waals surface area (Å²) in [5.41, 5.74) is 6.62. The molecular weight excluding hydrogens is 361 g/mol. The Morgan fingerprint density at radius 2 is 1.93 bits per heavy atom. The maximum Gasteiger partial charge on any atom is 0.393 e. The molecule has 1 heterocycles. The predicted molar refractivity (Wildman–Crippen MR) is 91.9 cm³/mol. The number of carbonyl (C=O) groups is 1. The summed E-state index contributed by atoms with van der Waals surface area (Å²) in [4.78, 5) is 16.3. The molecule has 6 nitrogen and oxygen atoms in total. The van der Waals surface area contributed by atoms with Crippen molar-refractivity contribution < 1.29 is 22.7 Å². The minimum Gasteiger partial charge on any atom is -0.477 e. The van der Waals surface area contributed by atoms with Crippen molar-refractivity contribution in [2.45, 2.75) is 26.1 Å². The van der Waals surface area contributed by atoms with Gasteiger partial charge in [-0.15, -0.1) is 0 Å². The number of ether oxygens (including phenoxy) is 1. The Hall–Kier alpha value is -3.28. The number of hydrogen-bond acceptors (Lipinski definition) is 5. The van der Waals surface area contributed by atoms with Gasteiger partial charge in [-0.2, -0.15) is 18.4 Å². The molecule has 0 fully saturated rings. The van der Waals surface area contributed by atoms with E-state index in [-0.39, 0.29) is 41.5 Å². The molecule has 9 heteroatoms. The zero-order valence-electron chi connectivity index (χ0n) is 14.4. The number of pyridine rings is 1. The smallest absolute Gasteiger partial charge is 0.393 e. The average Bonchev–Trinajstić information content (AvgIpc) is 2.59. The second-order valence-electron chi connectivity index (χ2n) is 5.61. The molecule has 1 aromatic heterocycles. The summed E-state index contributed by atoms with van der Waals surface area (Å²) in [6.07, 6.45) is -5.27. The molecule has 3 N–H and O–H groups in total. The number of alkyl halides is 3. The van der Waals surface area contributed by atoms with Crippen molar-refractivity contribution in [3.63, 3.8) is 0 Å². The monoisotopic (exact) mass is 378 g/mol. The molecule has 0 spiro atoms. The van der Waals surface area contributed by atoms with Crippen LogP contribution in [0.3, 0.4) is 0 Å². The second-order valence-corrected chi connectivity index (χ2v) is 5.61. The maximum atomic E-state index is 12.4. The number of nitrogens with one attached hydrogen (secondary N) is 1. The van der Waals surface area contributed by atoms with Crippen LogP contribution in [0.25, 0.3) is 0 Å². The van der Waals surface area contributed by atoms with E-state index in [9.17, 15) is 18.0 Å². The molecule has 0 aliphatic heterocycles. The van der Waals surface area contributed by atoms with Gasteiger partial charge in [0.1, 0.15) is 17.3 Å². The number of halogens is 3. The van der Waals surface area contributed by atoms with Gasteiger partial charge in [-0.25, -0.2) is 4.98 Å². The van der Waals surface area contributed by atoms with Crippen LogP contribution >= 0.6 is 0 Å². The summed E-state index contributed by atoms with van der Waals surface area (Å²) in [7, 11) is 0. The van der Waals surface area contributed by atoms with E-state index in [4.69, 9.17) is 15.7 Å². The molecule has 0 aliphatic carbocycles. The summed E-state index contributed by atoms with van der Waals surface area (Å²) in [6.45, 7) is 2.04. The first-order chi connectivity index (χ1) is 12.7. The van der Waals surface area contributed by atoms with Gasteiger partial charge in [-0.1, -0.05) is 24.3 Å². The number of carbonyl (C=O) groups excluding carboxylic acids is 1. The third kappa shape index (κ3) is 5.60. The fourth-order valence-electron chi connectivity index (χ4n) is 2.29. The van der Waals surface area contributed by atoms with Gasteiger partial charge >= 0.3 is 6.18 Å². The Bertz CT molecular complexity index is 859. The van der Waals surface area contributed by atoms with E-state index in [2.05, 4.69) is 10.3 Å². The topological polar surface area (TPSA) is 101 Å².